The number of amides is 2. The minimum absolute atomic E-state index is 0.211. The SMILES string of the molecule is CC(NC(=O)Nc1ccc(-c2n[nH]c(C3CC3)n2)cc1)c1ccc(F)cc1F. The molecule has 1 aromatic heterocycles. The van der Waals surface area contributed by atoms with Crippen molar-refractivity contribution < 1.29 is 13.6 Å². The molecule has 1 aliphatic rings. The van der Waals surface area contributed by atoms with Crippen LogP contribution in [0.1, 0.15) is 43.1 Å². The molecule has 2 aromatic carbocycles. The Morgan fingerprint density at radius 2 is 1.93 bits per heavy atom. The molecule has 2 amide bonds. The van der Waals surface area contributed by atoms with Gasteiger partial charge in [0.2, 0.25) is 0 Å². The molecule has 1 unspecified atom stereocenters. The average molecular weight is 383 g/mol. The molecular weight excluding hydrogens is 364 g/mol. The number of urea groups is 1. The third kappa shape index (κ3) is 4.00. The van der Waals surface area contributed by atoms with E-state index in [0.717, 1.165) is 36.4 Å². The molecule has 8 heteroatoms. The zero-order chi connectivity index (χ0) is 19.7. The Balaban J connectivity index is 1.37. The molecule has 0 spiro atoms. The summed E-state index contributed by atoms with van der Waals surface area (Å²) in [5.74, 6) is 0.679. The van der Waals surface area contributed by atoms with Crippen LogP contribution in [0.25, 0.3) is 11.4 Å². The van der Waals surface area contributed by atoms with E-state index in [4.69, 9.17) is 0 Å². The summed E-state index contributed by atoms with van der Waals surface area (Å²) >= 11 is 0. The van der Waals surface area contributed by atoms with Gasteiger partial charge in [-0.3, -0.25) is 5.10 Å². The second-order valence-electron chi connectivity index (χ2n) is 6.88. The first kappa shape index (κ1) is 18.1. The number of aromatic amines is 1. The summed E-state index contributed by atoms with van der Waals surface area (Å²) in [4.78, 5) is 16.7. The summed E-state index contributed by atoms with van der Waals surface area (Å²) in [6.45, 7) is 1.62. The molecular formula is C20H19F2N5O. The number of anilines is 1. The van der Waals surface area contributed by atoms with Gasteiger partial charge in [-0.25, -0.2) is 18.6 Å². The van der Waals surface area contributed by atoms with Gasteiger partial charge >= 0.3 is 6.03 Å². The number of aromatic nitrogens is 3. The van der Waals surface area contributed by atoms with Crippen molar-refractivity contribution in [1.29, 1.82) is 0 Å². The standard InChI is InChI=1S/C20H19F2N5O/c1-11(16-9-6-14(21)10-17(16)22)23-20(28)24-15-7-4-13(5-8-15)19-25-18(26-27-19)12-2-3-12/h4-12H,2-3H2,1H3,(H2,23,24,28)(H,25,26,27). The molecule has 28 heavy (non-hydrogen) atoms. The number of hydrogen-bond donors (Lipinski definition) is 3. The van der Waals surface area contributed by atoms with Crippen LogP contribution in [0.15, 0.2) is 42.5 Å². The first-order chi connectivity index (χ1) is 13.5. The Morgan fingerprint density at radius 3 is 2.61 bits per heavy atom. The fraction of sp³-hybridized carbons (Fsp3) is 0.250. The van der Waals surface area contributed by atoms with Gasteiger partial charge in [0.15, 0.2) is 5.82 Å². The molecule has 4 rings (SSSR count). The minimum atomic E-state index is -0.700. The van der Waals surface area contributed by atoms with Crippen molar-refractivity contribution in [2.24, 2.45) is 0 Å². The van der Waals surface area contributed by atoms with Crippen LogP contribution in [-0.2, 0) is 0 Å². The molecule has 3 aromatic rings. The van der Waals surface area contributed by atoms with Gasteiger partial charge in [-0.1, -0.05) is 6.07 Å². The van der Waals surface area contributed by atoms with Gasteiger partial charge in [-0.15, -0.1) is 0 Å². The van der Waals surface area contributed by atoms with Crippen LogP contribution < -0.4 is 10.6 Å². The van der Waals surface area contributed by atoms with Crippen molar-refractivity contribution in [1.82, 2.24) is 20.5 Å². The lowest BCUT2D eigenvalue weighted by atomic mass is 10.1. The predicted molar refractivity (Wildman–Crippen MR) is 101 cm³/mol. The highest BCUT2D eigenvalue weighted by Crippen LogP contribution is 2.38. The molecule has 1 atom stereocenters. The van der Waals surface area contributed by atoms with Gasteiger partial charge in [-0.05, 0) is 50.1 Å². The van der Waals surface area contributed by atoms with E-state index < -0.39 is 23.7 Å². The Bertz CT molecular complexity index is 998. The average Bonchev–Trinajstić information content (AvgIpc) is 3.39. The van der Waals surface area contributed by atoms with E-state index in [-0.39, 0.29) is 5.56 Å². The summed E-state index contributed by atoms with van der Waals surface area (Å²) < 4.78 is 26.8. The molecule has 0 aliphatic heterocycles. The van der Waals surface area contributed by atoms with E-state index in [0.29, 0.717) is 17.4 Å². The summed E-state index contributed by atoms with van der Waals surface area (Å²) in [6, 6.07) is 9.28. The maximum Gasteiger partial charge on any atom is 0.319 e. The smallest absolute Gasteiger partial charge is 0.319 e. The third-order valence-electron chi connectivity index (χ3n) is 4.64. The van der Waals surface area contributed by atoms with E-state index >= 15 is 0 Å². The fourth-order valence-electron chi connectivity index (χ4n) is 2.94. The Kier molecular flexibility index (Phi) is 4.77. The van der Waals surface area contributed by atoms with Crippen molar-refractivity contribution in [2.75, 3.05) is 5.32 Å². The van der Waals surface area contributed by atoms with E-state index in [9.17, 15) is 13.6 Å². The van der Waals surface area contributed by atoms with E-state index in [1.54, 1.807) is 19.1 Å². The molecule has 1 fully saturated rings. The van der Waals surface area contributed by atoms with Gasteiger partial charge in [-0.2, -0.15) is 5.10 Å². The molecule has 144 valence electrons. The number of nitrogens with zero attached hydrogens (tertiary/aromatic N) is 2. The number of carbonyl (C=O) groups excluding carboxylic acids is 1. The highest BCUT2D eigenvalue weighted by atomic mass is 19.1. The molecule has 0 bridgehead atoms. The fourth-order valence-corrected chi connectivity index (χ4v) is 2.94. The lowest BCUT2D eigenvalue weighted by Gasteiger charge is -2.16. The van der Waals surface area contributed by atoms with Gasteiger partial charge in [0.25, 0.3) is 0 Å². The minimum Gasteiger partial charge on any atom is -0.331 e. The van der Waals surface area contributed by atoms with Crippen molar-refractivity contribution in [3.05, 3.63) is 65.5 Å². The van der Waals surface area contributed by atoms with Gasteiger partial charge < -0.3 is 10.6 Å². The number of halogens is 2. The summed E-state index contributed by atoms with van der Waals surface area (Å²) in [7, 11) is 0. The molecule has 3 N–H and O–H groups in total. The normalized spacial score (nSPS) is 14.5. The topological polar surface area (TPSA) is 82.7 Å². The largest absolute Gasteiger partial charge is 0.331 e. The second-order valence-corrected chi connectivity index (χ2v) is 6.88. The van der Waals surface area contributed by atoms with Crippen LogP contribution in [-0.4, -0.2) is 21.2 Å². The zero-order valence-electron chi connectivity index (χ0n) is 15.2. The van der Waals surface area contributed by atoms with Gasteiger partial charge in [0, 0.05) is 28.8 Å². The molecule has 1 aliphatic carbocycles. The van der Waals surface area contributed by atoms with E-state index in [1.807, 2.05) is 12.1 Å². The quantitative estimate of drug-likeness (QED) is 0.606. The Labute approximate surface area is 160 Å². The lowest BCUT2D eigenvalue weighted by Crippen LogP contribution is -2.31. The van der Waals surface area contributed by atoms with E-state index in [2.05, 4.69) is 25.8 Å². The Hall–Kier alpha value is -3.29. The van der Waals surface area contributed by atoms with Crippen molar-refractivity contribution >= 4 is 11.7 Å². The summed E-state index contributed by atoms with van der Waals surface area (Å²) in [6.07, 6.45) is 2.29. The van der Waals surface area contributed by atoms with Crippen molar-refractivity contribution in [3.8, 4) is 11.4 Å². The van der Waals surface area contributed by atoms with Crippen LogP contribution in [0, 0.1) is 11.6 Å². The number of nitrogens with one attached hydrogen (secondary N) is 3. The zero-order valence-corrected chi connectivity index (χ0v) is 15.2. The van der Waals surface area contributed by atoms with Crippen LogP contribution in [0.2, 0.25) is 0 Å². The highest BCUT2D eigenvalue weighted by molar-refractivity contribution is 5.89. The number of hydrogen-bond acceptors (Lipinski definition) is 3. The molecule has 1 heterocycles. The number of H-pyrrole nitrogens is 1. The highest BCUT2D eigenvalue weighted by Gasteiger charge is 2.27. The van der Waals surface area contributed by atoms with Crippen LogP contribution in [0.3, 0.4) is 0 Å². The summed E-state index contributed by atoms with van der Waals surface area (Å²) in [5, 5.41) is 12.5. The first-order valence-electron chi connectivity index (χ1n) is 9.05. The monoisotopic (exact) mass is 383 g/mol. The van der Waals surface area contributed by atoms with E-state index in [1.165, 1.54) is 6.07 Å². The maximum absolute atomic E-state index is 13.8. The van der Waals surface area contributed by atoms with Crippen LogP contribution >= 0.6 is 0 Å². The Morgan fingerprint density at radius 1 is 1.18 bits per heavy atom. The molecule has 6 nitrogen and oxygen atoms in total. The summed E-state index contributed by atoms with van der Waals surface area (Å²) in [5.41, 5.74) is 1.63. The number of carbonyl (C=O) groups is 1. The second kappa shape index (κ2) is 7.38. The lowest BCUT2D eigenvalue weighted by molar-refractivity contribution is 0.249. The molecule has 1 saturated carbocycles. The van der Waals surface area contributed by atoms with Crippen LogP contribution in [0.4, 0.5) is 19.3 Å². The van der Waals surface area contributed by atoms with Gasteiger partial charge in [0.05, 0.1) is 6.04 Å². The predicted octanol–water partition coefficient (Wildman–Crippen LogP) is 4.51. The van der Waals surface area contributed by atoms with Gasteiger partial charge in [0.1, 0.15) is 17.5 Å². The number of benzene rings is 2. The number of rotatable bonds is 5. The maximum atomic E-state index is 13.8. The first-order valence-corrected chi connectivity index (χ1v) is 9.05. The molecule has 0 radical (unpaired) electrons. The third-order valence-corrected chi connectivity index (χ3v) is 4.64. The van der Waals surface area contributed by atoms with Crippen molar-refractivity contribution in [3.63, 3.8) is 0 Å². The van der Waals surface area contributed by atoms with Crippen molar-refractivity contribution in [2.45, 2.75) is 31.7 Å². The van der Waals surface area contributed by atoms with Crippen LogP contribution in [0.5, 0.6) is 0 Å². The molecule has 0 saturated heterocycles.